The van der Waals surface area contributed by atoms with E-state index in [1.165, 1.54) is 0 Å². The van der Waals surface area contributed by atoms with Gasteiger partial charge in [0.25, 0.3) is 0 Å². The fraction of sp³-hybridized carbons (Fsp3) is 0.600. The quantitative estimate of drug-likeness (QED) is 0.253. The van der Waals surface area contributed by atoms with E-state index in [1.807, 2.05) is 0 Å². The van der Waals surface area contributed by atoms with Gasteiger partial charge >= 0.3 is 41.5 Å². The van der Waals surface area contributed by atoms with E-state index in [0.29, 0.717) is 0 Å². The van der Waals surface area contributed by atoms with Crippen molar-refractivity contribution in [3.8, 4) is 0 Å². The first kappa shape index (κ1) is 14.4. The second-order valence-corrected chi connectivity index (χ2v) is 1.85. The number of carboxylic acid groups (broad SMARTS) is 2. The molecule has 0 atom stereocenters. The molecule has 7 heteroatoms. The summed E-state index contributed by atoms with van der Waals surface area (Å²) in [5.74, 6) is -2.82. The Morgan fingerprint density at radius 3 is 2.08 bits per heavy atom. The molecule has 0 saturated heterocycles. The minimum atomic E-state index is -1.56. The summed E-state index contributed by atoms with van der Waals surface area (Å²) in [4.78, 5) is 20.3. The molecule has 0 aromatic rings. The molecular formula is C5H11N2NaO4. The van der Waals surface area contributed by atoms with E-state index in [9.17, 15) is 9.59 Å². The molecule has 0 aliphatic heterocycles. The molecule has 12 heavy (non-hydrogen) atoms. The molecule has 0 radical (unpaired) electrons. The molecule has 0 aliphatic carbocycles. The number of carboxylic acids is 2. The van der Waals surface area contributed by atoms with Crippen molar-refractivity contribution in [1.29, 1.82) is 0 Å². The molecule has 0 aromatic carbocycles. The predicted molar refractivity (Wildman–Crippen MR) is 37.2 cm³/mol. The Morgan fingerprint density at radius 1 is 1.42 bits per heavy atom. The van der Waals surface area contributed by atoms with Gasteiger partial charge in [-0.15, -0.1) is 0 Å². The van der Waals surface area contributed by atoms with Crippen LogP contribution in [0.3, 0.4) is 0 Å². The number of rotatable bonds is 5. The molecule has 0 amide bonds. The van der Waals surface area contributed by atoms with E-state index < -0.39 is 18.0 Å². The Balaban J connectivity index is -0.000000500. The summed E-state index contributed by atoms with van der Waals surface area (Å²) in [5, 5.41) is 18.8. The van der Waals surface area contributed by atoms with Crippen molar-refractivity contribution in [1.82, 2.24) is 5.32 Å². The molecule has 0 rings (SSSR count). The number of nitrogens with one attached hydrogen (secondary N) is 1. The monoisotopic (exact) mass is 186 g/mol. The number of hydrogen-bond donors (Lipinski definition) is 4. The molecule has 0 spiro atoms. The van der Waals surface area contributed by atoms with Gasteiger partial charge in [0.15, 0.2) is 0 Å². The zero-order chi connectivity index (χ0) is 8.85. The first-order chi connectivity index (χ1) is 5.09. The molecule has 0 bridgehead atoms. The zero-order valence-electron chi connectivity index (χ0n) is 7.78. The maximum Gasteiger partial charge on any atom is 1.00 e. The van der Waals surface area contributed by atoms with Crippen molar-refractivity contribution in [3.05, 3.63) is 0 Å². The summed E-state index contributed by atoms with van der Waals surface area (Å²) < 4.78 is 0. The van der Waals surface area contributed by atoms with Crippen molar-refractivity contribution in [2.75, 3.05) is 13.1 Å². The number of nitrogens with two attached hydrogens (primary N) is 1. The average Bonchev–Trinajstić information content (AvgIpc) is 1.87. The van der Waals surface area contributed by atoms with E-state index >= 15 is 0 Å². The third-order valence-corrected chi connectivity index (χ3v) is 0.987. The van der Waals surface area contributed by atoms with Crippen LogP contribution in [0.1, 0.15) is 1.43 Å². The first-order valence-electron chi connectivity index (χ1n) is 2.98. The number of carbonyl (C=O) groups is 2. The Bertz CT molecular complexity index is 155. The second kappa shape index (κ2) is 7.51. The Morgan fingerprint density at radius 2 is 1.83 bits per heavy atom. The molecule has 0 heterocycles. The molecule has 0 aliphatic rings. The van der Waals surface area contributed by atoms with Crippen molar-refractivity contribution in [3.63, 3.8) is 0 Å². The Labute approximate surface area is 92.9 Å². The van der Waals surface area contributed by atoms with Crippen LogP contribution in [-0.4, -0.2) is 41.3 Å². The molecule has 0 aromatic heterocycles. The minimum absolute atomic E-state index is 0. The largest absolute Gasteiger partial charge is 1.00 e. The molecule has 0 saturated carbocycles. The van der Waals surface area contributed by atoms with Crippen LogP contribution in [0.2, 0.25) is 0 Å². The van der Waals surface area contributed by atoms with Crippen molar-refractivity contribution >= 4 is 11.9 Å². The molecule has 0 fully saturated rings. The van der Waals surface area contributed by atoms with E-state index in [0.717, 1.165) is 0 Å². The third-order valence-electron chi connectivity index (χ3n) is 0.987. The number of hydrogen-bond acceptors (Lipinski definition) is 4. The minimum Gasteiger partial charge on any atom is -1.00 e. The topological polar surface area (TPSA) is 113 Å². The fourth-order valence-corrected chi connectivity index (χ4v) is 0.508. The smallest absolute Gasteiger partial charge is 1.00 e. The van der Waals surface area contributed by atoms with Gasteiger partial charge in [0.2, 0.25) is 6.04 Å². The van der Waals surface area contributed by atoms with Crippen LogP contribution in [0.15, 0.2) is 0 Å². The molecular weight excluding hydrogens is 175 g/mol. The van der Waals surface area contributed by atoms with Gasteiger partial charge in [-0.25, -0.2) is 9.59 Å². The summed E-state index contributed by atoms with van der Waals surface area (Å²) in [6.07, 6.45) is 0. The standard InChI is InChI=1S/C5H10N2O4.Na.H/c6-1-2-7-3(4(8)9)5(10)11;;/h3,7H,1-2,6H2,(H,8,9)(H,10,11);;/q;+1;-1. The Hall–Kier alpha value is -0.140. The zero-order valence-corrected chi connectivity index (χ0v) is 8.78. The van der Waals surface area contributed by atoms with E-state index in [-0.39, 0.29) is 44.1 Å². The second-order valence-electron chi connectivity index (χ2n) is 1.85. The SMILES string of the molecule is NCCNC(C(=O)O)C(=O)O.[H-].[Na+]. The van der Waals surface area contributed by atoms with Gasteiger partial charge in [-0.05, 0) is 0 Å². The molecule has 5 N–H and O–H groups in total. The van der Waals surface area contributed by atoms with Crippen molar-refractivity contribution < 1.29 is 50.8 Å². The van der Waals surface area contributed by atoms with Crippen LogP contribution in [-0.2, 0) is 9.59 Å². The van der Waals surface area contributed by atoms with Gasteiger partial charge in [-0.1, -0.05) is 0 Å². The summed E-state index contributed by atoms with van der Waals surface area (Å²) in [6, 6.07) is -1.56. The Kier molecular flexibility index (Phi) is 9.00. The summed E-state index contributed by atoms with van der Waals surface area (Å²) in [5.41, 5.74) is 5.03. The average molecular weight is 186 g/mol. The summed E-state index contributed by atoms with van der Waals surface area (Å²) in [7, 11) is 0. The van der Waals surface area contributed by atoms with E-state index in [1.54, 1.807) is 0 Å². The third kappa shape index (κ3) is 5.50. The van der Waals surface area contributed by atoms with E-state index in [2.05, 4.69) is 5.32 Å². The maximum atomic E-state index is 10.2. The van der Waals surface area contributed by atoms with Crippen LogP contribution in [0.25, 0.3) is 0 Å². The van der Waals surface area contributed by atoms with Gasteiger partial charge in [0, 0.05) is 13.1 Å². The van der Waals surface area contributed by atoms with Crippen LogP contribution in [0, 0.1) is 0 Å². The van der Waals surface area contributed by atoms with Gasteiger partial charge in [0.05, 0.1) is 0 Å². The first-order valence-corrected chi connectivity index (χ1v) is 2.98. The van der Waals surface area contributed by atoms with Crippen LogP contribution in [0.4, 0.5) is 0 Å². The van der Waals surface area contributed by atoms with Crippen LogP contribution >= 0.6 is 0 Å². The predicted octanol–water partition coefficient (Wildman–Crippen LogP) is -4.81. The van der Waals surface area contributed by atoms with Gasteiger partial charge in [-0.2, -0.15) is 0 Å². The van der Waals surface area contributed by atoms with Crippen molar-refractivity contribution in [2.24, 2.45) is 5.73 Å². The van der Waals surface area contributed by atoms with Gasteiger partial charge < -0.3 is 17.4 Å². The van der Waals surface area contributed by atoms with Crippen LogP contribution < -0.4 is 40.6 Å². The van der Waals surface area contributed by atoms with E-state index in [4.69, 9.17) is 15.9 Å². The van der Waals surface area contributed by atoms with Gasteiger partial charge in [0.1, 0.15) is 0 Å². The summed E-state index contributed by atoms with van der Waals surface area (Å²) >= 11 is 0. The maximum absolute atomic E-state index is 10.2. The molecule has 66 valence electrons. The normalized spacial score (nSPS) is 9.17. The number of aliphatic carboxylic acids is 2. The van der Waals surface area contributed by atoms with Crippen LogP contribution in [0.5, 0.6) is 0 Å². The fourth-order valence-electron chi connectivity index (χ4n) is 0.508. The van der Waals surface area contributed by atoms with Crippen molar-refractivity contribution in [2.45, 2.75) is 6.04 Å². The van der Waals surface area contributed by atoms with Gasteiger partial charge in [-0.3, -0.25) is 5.32 Å². The summed E-state index contributed by atoms with van der Waals surface area (Å²) in [6.45, 7) is 0.375. The molecule has 6 nitrogen and oxygen atoms in total. The molecule has 0 unspecified atom stereocenters.